The molecule has 5 heteroatoms. The van der Waals surface area contributed by atoms with Crippen molar-refractivity contribution in [3.05, 3.63) is 35.4 Å². The van der Waals surface area contributed by atoms with Crippen LogP contribution in [0.25, 0.3) is 0 Å². The zero-order valence-electron chi connectivity index (χ0n) is 11.6. The maximum absolute atomic E-state index is 11.0. The molecule has 0 aliphatic heterocycles. The number of hydrogen-bond acceptors (Lipinski definition) is 3. The van der Waals surface area contributed by atoms with Crippen LogP contribution in [0, 0.1) is 11.8 Å². The number of sulfonamides is 1. The summed E-state index contributed by atoms with van der Waals surface area (Å²) in [7, 11) is -3.36. The van der Waals surface area contributed by atoms with Crippen LogP contribution < -0.4 is 10.5 Å². The van der Waals surface area contributed by atoms with Gasteiger partial charge in [0.1, 0.15) is 0 Å². The van der Waals surface area contributed by atoms with Crippen molar-refractivity contribution in [3.8, 4) is 0 Å². The summed E-state index contributed by atoms with van der Waals surface area (Å²) in [6, 6.07) is 9.13. The van der Waals surface area contributed by atoms with E-state index >= 15 is 0 Å². The highest BCUT2D eigenvalue weighted by Crippen LogP contribution is 2.39. The Hall–Kier alpha value is -0.910. The highest BCUT2D eigenvalue weighted by atomic mass is 32.2. The Balaban J connectivity index is 1.69. The molecule has 2 atom stereocenters. The lowest BCUT2D eigenvalue weighted by Gasteiger charge is -2.23. The minimum Gasteiger partial charge on any atom is -0.312 e. The molecule has 1 aromatic carbocycles. The Kier molecular flexibility index (Phi) is 3.84. The normalized spacial score (nSPS) is 28.9. The smallest absolute Gasteiger partial charge is 0.210 e. The third-order valence-corrected chi connectivity index (χ3v) is 5.55. The van der Waals surface area contributed by atoms with Gasteiger partial charge in [0.15, 0.2) is 0 Å². The maximum atomic E-state index is 11.0. The molecule has 0 aromatic heterocycles. The molecule has 0 amide bonds. The van der Waals surface area contributed by atoms with E-state index in [-0.39, 0.29) is 5.75 Å². The summed E-state index contributed by atoms with van der Waals surface area (Å²) in [6.45, 7) is 0.465. The van der Waals surface area contributed by atoms with Gasteiger partial charge in [-0.3, -0.25) is 0 Å². The predicted molar refractivity (Wildman–Crippen MR) is 79.8 cm³/mol. The molecular formula is C15H22N2O2S. The van der Waals surface area contributed by atoms with Crippen LogP contribution in [0.1, 0.15) is 24.0 Å². The molecule has 2 aliphatic rings. The molecule has 2 unspecified atom stereocenters. The van der Waals surface area contributed by atoms with Crippen LogP contribution in [0.5, 0.6) is 0 Å². The Morgan fingerprint density at radius 3 is 2.15 bits per heavy atom. The van der Waals surface area contributed by atoms with Gasteiger partial charge in [0.05, 0.1) is 5.75 Å². The molecule has 2 bridgehead atoms. The zero-order chi connectivity index (χ0) is 14.2. The van der Waals surface area contributed by atoms with E-state index in [0.29, 0.717) is 24.4 Å². The first-order chi connectivity index (χ1) is 9.53. The molecule has 20 heavy (non-hydrogen) atoms. The first-order valence-electron chi connectivity index (χ1n) is 7.33. The Morgan fingerprint density at radius 2 is 1.65 bits per heavy atom. The van der Waals surface area contributed by atoms with Crippen LogP contribution in [-0.2, 0) is 22.9 Å². The van der Waals surface area contributed by atoms with E-state index in [1.807, 2.05) is 0 Å². The summed E-state index contributed by atoms with van der Waals surface area (Å²) in [5.74, 6) is 1.28. The van der Waals surface area contributed by atoms with Crippen molar-refractivity contribution in [2.24, 2.45) is 17.0 Å². The Labute approximate surface area is 120 Å². The van der Waals surface area contributed by atoms with Gasteiger partial charge in [0.2, 0.25) is 10.0 Å². The van der Waals surface area contributed by atoms with Gasteiger partial charge in [-0.25, -0.2) is 13.6 Å². The minimum atomic E-state index is -3.36. The van der Waals surface area contributed by atoms with Gasteiger partial charge in [-0.15, -0.1) is 0 Å². The van der Waals surface area contributed by atoms with E-state index in [1.165, 1.54) is 24.0 Å². The van der Waals surface area contributed by atoms with Crippen molar-refractivity contribution in [2.45, 2.75) is 31.7 Å². The van der Waals surface area contributed by atoms with E-state index in [2.05, 4.69) is 29.6 Å². The van der Waals surface area contributed by atoms with Crippen molar-refractivity contribution >= 4 is 10.0 Å². The molecule has 1 aromatic rings. The number of nitrogens with one attached hydrogen (secondary N) is 1. The fourth-order valence-corrected chi connectivity index (χ4v) is 4.25. The van der Waals surface area contributed by atoms with Crippen LogP contribution in [-0.4, -0.2) is 26.8 Å². The van der Waals surface area contributed by atoms with Crippen LogP contribution in [0.4, 0.5) is 0 Å². The third kappa shape index (κ3) is 3.05. The number of hydrogen-bond donors (Lipinski definition) is 2. The molecule has 0 saturated heterocycles. The molecule has 4 nitrogen and oxygen atoms in total. The lowest BCUT2D eigenvalue weighted by molar-refractivity contribution is 0.349. The molecule has 3 rings (SSSR count). The molecule has 0 radical (unpaired) electrons. The lowest BCUT2D eigenvalue weighted by atomic mass is 9.94. The molecule has 1 fully saturated rings. The van der Waals surface area contributed by atoms with E-state index in [0.717, 1.165) is 12.8 Å². The fourth-order valence-electron chi connectivity index (χ4n) is 3.85. The number of fused-ring (bicyclic) bond motifs is 3. The monoisotopic (exact) mass is 294 g/mol. The topological polar surface area (TPSA) is 72.2 Å². The molecule has 0 spiro atoms. The average Bonchev–Trinajstić information content (AvgIpc) is 2.64. The van der Waals surface area contributed by atoms with Crippen molar-refractivity contribution in [2.75, 3.05) is 12.3 Å². The number of nitrogens with two attached hydrogens (primary N) is 1. The highest BCUT2D eigenvalue weighted by molar-refractivity contribution is 7.89. The van der Waals surface area contributed by atoms with Gasteiger partial charge in [0.25, 0.3) is 0 Å². The minimum absolute atomic E-state index is 0.0237. The summed E-state index contributed by atoms with van der Waals surface area (Å²) >= 11 is 0. The quantitative estimate of drug-likeness (QED) is 0.872. The zero-order valence-corrected chi connectivity index (χ0v) is 12.4. The summed E-state index contributed by atoms with van der Waals surface area (Å²) in [5.41, 5.74) is 2.94. The maximum Gasteiger partial charge on any atom is 0.210 e. The van der Waals surface area contributed by atoms with E-state index < -0.39 is 10.0 Å². The van der Waals surface area contributed by atoms with Crippen molar-refractivity contribution in [3.63, 3.8) is 0 Å². The van der Waals surface area contributed by atoms with Crippen LogP contribution in [0.2, 0.25) is 0 Å². The van der Waals surface area contributed by atoms with Gasteiger partial charge in [-0.2, -0.15) is 0 Å². The van der Waals surface area contributed by atoms with Crippen LogP contribution in [0.3, 0.4) is 0 Å². The van der Waals surface area contributed by atoms with Gasteiger partial charge < -0.3 is 5.32 Å². The number of primary sulfonamides is 1. The molecule has 110 valence electrons. The van der Waals surface area contributed by atoms with Crippen molar-refractivity contribution in [1.29, 1.82) is 0 Å². The van der Waals surface area contributed by atoms with Gasteiger partial charge in [-0.1, -0.05) is 24.3 Å². The fraction of sp³-hybridized carbons (Fsp3) is 0.600. The van der Waals surface area contributed by atoms with Gasteiger partial charge >= 0.3 is 0 Å². The number of rotatable bonds is 4. The van der Waals surface area contributed by atoms with Crippen LogP contribution in [0.15, 0.2) is 24.3 Å². The first kappa shape index (κ1) is 14.0. The first-order valence-corrected chi connectivity index (χ1v) is 9.05. The summed E-state index contributed by atoms with van der Waals surface area (Å²) in [6.07, 6.45) is 4.71. The molecule has 3 N–H and O–H groups in total. The summed E-state index contributed by atoms with van der Waals surface area (Å²) < 4.78 is 22.1. The third-order valence-electron chi connectivity index (χ3n) is 4.77. The summed E-state index contributed by atoms with van der Waals surface area (Å²) in [4.78, 5) is 0. The Bertz CT molecular complexity index is 552. The largest absolute Gasteiger partial charge is 0.312 e. The average molecular weight is 294 g/mol. The molecule has 1 saturated carbocycles. The predicted octanol–water partition coefficient (Wildman–Crippen LogP) is 1.06. The second-order valence-electron chi connectivity index (χ2n) is 6.12. The summed E-state index contributed by atoms with van der Waals surface area (Å²) in [5, 5.41) is 8.52. The van der Waals surface area contributed by atoms with E-state index in [4.69, 9.17) is 5.14 Å². The molecule has 2 aliphatic carbocycles. The van der Waals surface area contributed by atoms with E-state index in [9.17, 15) is 8.42 Å². The lowest BCUT2D eigenvalue weighted by Crippen LogP contribution is -2.41. The van der Waals surface area contributed by atoms with Crippen LogP contribution >= 0.6 is 0 Å². The van der Waals surface area contributed by atoms with E-state index in [1.54, 1.807) is 0 Å². The SMILES string of the molecule is NS(=O)(=O)CCNC1C2CCC1Cc1ccccc1C2. The van der Waals surface area contributed by atoms with Crippen molar-refractivity contribution < 1.29 is 8.42 Å². The van der Waals surface area contributed by atoms with Crippen molar-refractivity contribution in [1.82, 2.24) is 5.32 Å². The molecule has 0 heterocycles. The second kappa shape index (κ2) is 5.47. The second-order valence-corrected chi connectivity index (χ2v) is 7.86. The number of benzene rings is 1. The standard InChI is InChI=1S/C15H22N2O2S/c16-20(18,19)8-7-17-15-13-5-6-14(15)10-12-4-2-1-3-11(12)9-13/h1-4,13-15,17H,5-10H2,(H2,16,18,19). The molecular weight excluding hydrogens is 272 g/mol. The highest BCUT2D eigenvalue weighted by Gasteiger charge is 2.38. The van der Waals surface area contributed by atoms with Gasteiger partial charge in [0, 0.05) is 12.6 Å². The Morgan fingerprint density at radius 1 is 1.10 bits per heavy atom. The van der Waals surface area contributed by atoms with Gasteiger partial charge in [-0.05, 0) is 48.6 Å².